The molecule has 1 N–H and O–H groups in total. The molecule has 0 aliphatic rings. The van der Waals surface area contributed by atoms with Crippen LogP contribution in [-0.4, -0.2) is 11.2 Å². The van der Waals surface area contributed by atoms with Gasteiger partial charge in [-0.1, -0.05) is 68.9 Å². The summed E-state index contributed by atoms with van der Waals surface area (Å²) in [6.45, 7) is 10.7. The fourth-order valence-electron chi connectivity index (χ4n) is 2.29. The predicted octanol–water partition coefficient (Wildman–Crippen LogP) is 5.83. The van der Waals surface area contributed by atoms with E-state index in [2.05, 4.69) is 52.0 Å². The van der Waals surface area contributed by atoms with Gasteiger partial charge in [-0.25, -0.2) is 0 Å². The van der Waals surface area contributed by atoms with Crippen molar-refractivity contribution in [3.8, 4) is 0 Å². The van der Waals surface area contributed by atoms with Crippen LogP contribution in [0.25, 0.3) is 0 Å². The maximum Gasteiger partial charge on any atom is 0.0600 e. The van der Waals surface area contributed by atoms with E-state index in [0.29, 0.717) is 5.92 Å². The van der Waals surface area contributed by atoms with Crippen molar-refractivity contribution in [1.82, 2.24) is 0 Å². The van der Waals surface area contributed by atoms with Gasteiger partial charge >= 0.3 is 0 Å². The Bertz CT molecular complexity index is 360. The Morgan fingerprint density at radius 2 is 1.81 bits per heavy atom. The third-order valence-corrected chi connectivity index (χ3v) is 3.70. The minimum absolute atomic E-state index is 0.220. The maximum atomic E-state index is 10.2. The Kier molecular flexibility index (Phi) is 12.0. The van der Waals surface area contributed by atoms with Gasteiger partial charge in [0.25, 0.3) is 0 Å². The monoisotopic (exact) mass is 290 g/mol. The van der Waals surface area contributed by atoms with Crippen LogP contribution in [-0.2, 0) is 0 Å². The van der Waals surface area contributed by atoms with Crippen molar-refractivity contribution in [1.29, 1.82) is 0 Å². The summed E-state index contributed by atoms with van der Waals surface area (Å²) in [5.74, 6) is 0.843. The molecule has 0 saturated carbocycles. The van der Waals surface area contributed by atoms with Crippen LogP contribution < -0.4 is 0 Å². The van der Waals surface area contributed by atoms with E-state index in [-0.39, 0.29) is 12.0 Å². The lowest BCUT2D eigenvalue weighted by Crippen LogP contribution is -2.16. The number of rotatable bonds is 10. The summed E-state index contributed by atoms with van der Waals surface area (Å²) in [5.41, 5.74) is 1.42. The molecule has 3 atom stereocenters. The normalized spacial score (nSPS) is 17.9. The highest BCUT2D eigenvalue weighted by Gasteiger charge is 2.13. The first-order valence-electron chi connectivity index (χ1n) is 8.31. The van der Waals surface area contributed by atoms with Gasteiger partial charge in [0, 0.05) is 5.92 Å². The highest BCUT2D eigenvalue weighted by molar-refractivity contribution is 5.10. The minimum Gasteiger partial charge on any atom is -0.393 e. The van der Waals surface area contributed by atoms with Crippen molar-refractivity contribution in [2.45, 2.75) is 66.4 Å². The number of hydrogen-bond donors (Lipinski definition) is 1. The molecule has 0 saturated heterocycles. The zero-order valence-electron chi connectivity index (χ0n) is 14.5. The summed E-state index contributed by atoms with van der Waals surface area (Å²) in [6, 6.07) is 0. The van der Waals surface area contributed by atoms with Crippen molar-refractivity contribution >= 4 is 0 Å². The van der Waals surface area contributed by atoms with Gasteiger partial charge in [0.05, 0.1) is 6.10 Å². The van der Waals surface area contributed by atoms with E-state index in [1.54, 1.807) is 0 Å². The van der Waals surface area contributed by atoms with Gasteiger partial charge in [0.2, 0.25) is 0 Å². The largest absolute Gasteiger partial charge is 0.393 e. The van der Waals surface area contributed by atoms with E-state index < -0.39 is 0 Å². The summed E-state index contributed by atoms with van der Waals surface area (Å²) in [5, 5.41) is 10.2. The molecule has 0 rings (SSSR count). The molecule has 120 valence electrons. The molecule has 0 bridgehead atoms. The molecule has 1 nitrogen and oxygen atoms in total. The zero-order chi connectivity index (χ0) is 16.1. The fourth-order valence-corrected chi connectivity index (χ4v) is 2.29. The second-order valence-electron chi connectivity index (χ2n) is 6.07. The average Bonchev–Trinajstić information content (AvgIpc) is 2.45. The molecule has 0 heterocycles. The Balaban J connectivity index is 4.09. The average molecular weight is 290 g/mol. The Hall–Kier alpha value is -1.08. The second-order valence-corrected chi connectivity index (χ2v) is 6.07. The lowest BCUT2D eigenvalue weighted by Gasteiger charge is -2.18. The number of aliphatic hydroxyl groups is 1. The summed E-state index contributed by atoms with van der Waals surface area (Å²) < 4.78 is 0. The predicted molar refractivity (Wildman–Crippen MR) is 95.3 cm³/mol. The van der Waals surface area contributed by atoms with Crippen molar-refractivity contribution in [2.24, 2.45) is 11.8 Å². The summed E-state index contributed by atoms with van der Waals surface area (Å²) in [7, 11) is 0. The highest BCUT2D eigenvalue weighted by Crippen LogP contribution is 2.20. The lowest BCUT2D eigenvalue weighted by atomic mass is 9.92. The Labute approximate surface area is 132 Å². The molecule has 0 aliphatic heterocycles. The quantitative estimate of drug-likeness (QED) is 0.501. The van der Waals surface area contributed by atoms with Gasteiger partial charge < -0.3 is 5.11 Å². The first kappa shape index (κ1) is 19.9. The van der Waals surface area contributed by atoms with Crippen LogP contribution in [0.3, 0.4) is 0 Å². The van der Waals surface area contributed by atoms with Gasteiger partial charge in [-0.05, 0) is 45.4 Å². The summed E-state index contributed by atoms with van der Waals surface area (Å²) >= 11 is 0. The number of allylic oxidation sites excluding steroid dienone is 7. The van der Waals surface area contributed by atoms with Gasteiger partial charge in [0.1, 0.15) is 0 Å². The van der Waals surface area contributed by atoms with Crippen molar-refractivity contribution in [2.75, 3.05) is 0 Å². The summed E-state index contributed by atoms with van der Waals surface area (Å²) in [6.07, 6.45) is 18.5. The molecule has 0 fully saturated rings. The molecular weight excluding hydrogens is 256 g/mol. The van der Waals surface area contributed by atoms with Crippen LogP contribution in [0.5, 0.6) is 0 Å². The molecule has 0 amide bonds. The molecule has 21 heavy (non-hydrogen) atoms. The molecule has 0 aromatic heterocycles. The SMILES string of the molecule is C/C=C/C=C/C(C)C(O)CCC(C)C/C(C)=C/C=C/CC. The van der Waals surface area contributed by atoms with E-state index in [4.69, 9.17) is 0 Å². The van der Waals surface area contributed by atoms with Gasteiger partial charge in [-0.3, -0.25) is 0 Å². The van der Waals surface area contributed by atoms with Crippen LogP contribution in [0.1, 0.15) is 60.3 Å². The molecular formula is C20H34O. The van der Waals surface area contributed by atoms with Crippen LogP contribution in [0, 0.1) is 11.8 Å². The molecule has 0 spiro atoms. The smallest absolute Gasteiger partial charge is 0.0600 e. The number of hydrogen-bond acceptors (Lipinski definition) is 1. The fraction of sp³-hybridized carbons (Fsp3) is 0.600. The van der Waals surface area contributed by atoms with Crippen LogP contribution >= 0.6 is 0 Å². The first-order chi connectivity index (χ1) is 10.0. The molecule has 1 heteroatoms. The third kappa shape index (κ3) is 11.3. The zero-order valence-corrected chi connectivity index (χ0v) is 14.5. The Morgan fingerprint density at radius 1 is 1.10 bits per heavy atom. The van der Waals surface area contributed by atoms with E-state index >= 15 is 0 Å². The third-order valence-electron chi connectivity index (χ3n) is 3.70. The first-order valence-corrected chi connectivity index (χ1v) is 8.31. The molecule has 0 aromatic rings. The topological polar surface area (TPSA) is 20.2 Å². The molecule has 0 aliphatic carbocycles. The highest BCUT2D eigenvalue weighted by atomic mass is 16.3. The second kappa shape index (κ2) is 12.6. The summed E-state index contributed by atoms with van der Waals surface area (Å²) in [4.78, 5) is 0. The van der Waals surface area contributed by atoms with Crippen LogP contribution in [0.2, 0.25) is 0 Å². The van der Waals surface area contributed by atoms with Gasteiger partial charge in [-0.2, -0.15) is 0 Å². The molecule has 0 radical (unpaired) electrons. The van der Waals surface area contributed by atoms with Gasteiger partial charge in [0.15, 0.2) is 0 Å². The van der Waals surface area contributed by atoms with E-state index in [1.807, 2.05) is 25.2 Å². The van der Waals surface area contributed by atoms with Crippen LogP contribution in [0.4, 0.5) is 0 Å². The van der Waals surface area contributed by atoms with Crippen molar-refractivity contribution < 1.29 is 5.11 Å². The molecule has 3 unspecified atom stereocenters. The van der Waals surface area contributed by atoms with E-state index in [9.17, 15) is 5.11 Å². The minimum atomic E-state index is -0.238. The van der Waals surface area contributed by atoms with Crippen molar-refractivity contribution in [3.05, 3.63) is 48.1 Å². The lowest BCUT2D eigenvalue weighted by molar-refractivity contribution is 0.120. The number of aliphatic hydroxyl groups excluding tert-OH is 1. The van der Waals surface area contributed by atoms with Gasteiger partial charge in [-0.15, -0.1) is 0 Å². The standard InChI is InChI=1S/C20H34O/c1-6-8-10-12-17(3)16-18(4)14-15-20(21)19(5)13-11-9-7-2/h7-13,18-21H,6,14-16H2,1-5H3/b9-7+,10-8+,13-11+,17-12+. The Morgan fingerprint density at radius 3 is 2.43 bits per heavy atom. The van der Waals surface area contributed by atoms with Crippen molar-refractivity contribution in [3.63, 3.8) is 0 Å². The van der Waals surface area contributed by atoms with Crippen LogP contribution in [0.15, 0.2) is 48.1 Å². The van der Waals surface area contributed by atoms with E-state index in [0.717, 1.165) is 25.7 Å². The maximum absolute atomic E-state index is 10.2. The van der Waals surface area contributed by atoms with E-state index in [1.165, 1.54) is 5.57 Å². The molecule has 0 aromatic carbocycles.